The van der Waals surface area contributed by atoms with E-state index in [0.717, 1.165) is 38.5 Å². The third-order valence-electron chi connectivity index (χ3n) is 7.85. The first-order valence-corrected chi connectivity index (χ1v) is 15.2. The van der Waals surface area contributed by atoms with Crippen LogP contribution in [0.5, 0.6) is 5.75 Å². The van der Waals surface area contributed by atoms with E-state index in [9.17, 15) is 4.39 Å². The predicted molar refractivity (Wildman–Crippen MR) is 150 cm³/mol. The smallest absolute Gasteiger partial charge is 0.201 e. The van der Waals surface area contributed by atoms with Crippen molar-refractivity contribution in [3.63, 3.8) is 0 Å². The van der Waals surface area contributed by atoms with E-state index in [-0.39, 0.29) is 23.5 Å². The molecule has 0 aliphatic heterocycles. The molecule has 0 spiro atoms. The van der Waals surface area contributed by atoms with E-state index in [1.807, 2.05) is 0 Å². The molecular formula is C33H46F4O2. The maximum atomic E-state index is 15.2. The highest BCUT2D eigenvalue weighted by molar-refractivity contribution is 5.68. The molecule has 0 heterocycles. The standard InChI is InChI=1S/C33H46F4O2/c1-3-5-7-8-9-10-11-14-24-15-16-25-23-28(32(36)31(35)27(25)22-24)26-17-18-29(33(37)30(26)34)39-21-13-20-38-19-12-6-4-2/h17-18,23-24H,3-16,19-22H2,1-2H3. The van der Waals surface area contributed by atoms with Crippen LogP contribution in [0.25, 0.3) is 11.1 Å². The van der Waals surface area contributed by atoms with Crippen molar-refractivity contribution in [2.24, 2.45) is 5.92 Å². The maximum Gasteiger partial charge on any atom is 0.201 e. The second kappa shape index (κ2) is 16.9. The van der Waals surface area contributed by atoms with E-state index in [1.165, 1.54) is 56.7 Å². The highest BCUT2D eigenvalue weighted by Gasteiger charge is 2.27. The van der Waals surface area contributed by atoms with Gasteiger partial charge in [0.2, 0.25) is 5.82 Å². The first-order chi connectivity index (χ1) is 19.0. The zero-order valence-corrected chi connectivity index (χ0v) is 23.9. The Hall–Kier alpha value is -2.08. The molecule has 0 radical (unpaired) electrons. The molecular weight excluding hydrogens is 504 g/mol. The van der Waals surface area contributed by atoms with E-state index in [2.05, 4.69) is 13.8 Å². The molecule has 0 saturated heterocycles. The summed E-state index contributed by atoms with van der Waals surface area (Å²) < 4.78 is 71.0. The van der Waals surface area contributed by atoms with Gasteiger partial charge in [-0.15, -0.1) is 0 Å². The second-order valence-electron chi connectivity index (χ2n) is 11.0. The largest absolute Gasteiger partial charge is 0.490 e. The van der Waals surface area contributed by atoms with Gasteiger partial charge in [-0.1, -0.05) is 78.1 Å². The van der Waals surface area contributed by atoms with Crippen molar-refractivity contribution in [3.8, 4) is 16.9 Å². The number of unbranched alkanes of at least 4 members (excludes halogenated alkanes) is 8. The highest BCUT2D eigenvalue weighted by atomic mass is 19.2. The first kappa shape index (κ1) is 31.4. The SMILES string of the molecule is CCCCCCCCCC1CCc2cc(-c3ccc(OCCCOCCCCC)c(F)c3F)c(F)c(F)c2C1. The van der Waals surface area contributed by atoms with Gasteiger partial charge < -0.3 is 9.47 Å². The Balaban J connectivity index is 1.58. The average molecular weight is 551 g/mol. The van der Waals surface area contributed by atoms with Gasteiger partial charge >= 0.3 is 0 Å². The summed E-state index contributed by atoms with van der Waals surface area (Å²) in [4.78, 5) is 0. The van der Waals surface area contributed by atoms with E-state index in [4.69, 9.17) is 9.47 Å². The molecule has 0 saturated carbocycles. The lowest BCUT2D eigenvalue weighted by molar-refractivity contribution is 0.115. The topological polar surface area (TPSA) is 18.5 Å². The summed E-state index contributed by atoms with van der Waals surface area (Å²) in [5.74, 6) is -4.37. The summed E-state index contributed by atoms with van der Waals surface area (Å²) in [7, 11) is 0. The van der Waals surface area contributed by atoms with Crippen LogP contribution in [0.15, 0.2) is 18.2 Å². The fourth-order valence-corrected chi connectivity index (χ4v) is 5.49. The molecule has 6 heteroatoms. The minimum atomic E-state index is -1.23. The molecule has 2 aromatic rings. The molecule has 1 atom stereocenters. The van der Waals surface area contributed by atoms with Crippen molar-refractivity contribution in [3.05, 3.63) is 52.6 Å². The summed E-state index contributed by atoms with van der Waals surface area (Å²) in [6.45, 7) is 5.66. The van der Waals surface area contributed by atoms with Gasteiger partial charge in [-0.3, -0.25) is 0 Å². The van der Waals surface area contributed by atoms with Gasteiger partial charge in [-0.2, -0.15) is 4.39 Å². The summed E-state index contributed by atoms with van der Waals surface area (Å²) in [5.41, 5.74) is 0.565. The van der Waals surface area contributed by atoms with E-state index in [0.29, 0.717) is 49.5 Å². The molecule has 1 aliphatic rings. The zero-order chi connectivity index (χ0) is 28.0. The molecule has 3 rings (SSSR count). The lowest BCUT2D eigenvalue weighted by Crippen LogP contribution is -2.17. The monoisotopic (exact) mass is 550 g/mol. The van der Waals surface area contributed by atoms with E-state index < -0.39 is 23.3 Å². The number of benzene rings is 2. The number of hydrogen-bond acceptors (Lipinski definition) is 2. The summed E-state index contributed by atoms with van der Waals surface area (Å²) >= 11 is 0. The molecule has 0 N–H and O–H groups in total. The van der Waals surface area contributed by atoms with Gasteiger partial charge in [-0.05, 0) is 60.9 Å². The molecule has 1 aliphatic carbocycles. The van der Waals surface area contributed by atoms with Gasteiger partial charge in [0.1, 0.15) is 0 Å². The van der Waals surface area contributed by atoms with Crippen LogP contribution in [0.4, 0.5) is 17.6 Å². The Morgan fingerprint density at radius 3 is 2.13 bits per heavy atom. The van der Waals surface area contributed by atoms with Gasteiger partial charge in [0.25, 0.3) is 0 Å². The van der Waals surface area contributed by atoms with Crippen molar-refractivity contribution in [1.29, 1.82) is 0 Å². The van der Waals surface area contributed by atoms with Gasteiger partial charge in [-0.25, -0.2) is 13.2 Å². The fourth-order valence-electron chi connectivity index (χ4n) is 5.49. The Labute approximate surface area is 232 Å². The van der Waals surface area contributed by atoms with Crippen LogP contribution in [0.1, 0.15) is 108 Å². The normalized spacial score (nSPS) is 15.0. The third kappa shape index (κ3) is 9.23. The fraction of sp³-hybridized carbons (Fsp3) is 0.636. The first-order valence-electron chi connectivity index (χ1n) is 15.2. The van der Waals surface area contributed by atoms with Crippen molar-refractivity contribution < 1.29 is 27.0 Å². The molecule has 1 unspecified atom stereocenters. The summed E-state index contributed by atoms with van der Waals surface area (Å²) in [6.07, 6.45) is 15.4. The second-order valence-corrected chi connectivity index (χ2v) is 11.0. The number of fused-ring (bicyclic) bond motifs is 1. The molecule has 2 aromatic carbocycles. The van der Waals surface area contributed by atoms with Crippen molar-refractivity contribution in [2.45, 2.75) is 110 Å². The van der Waals surface area contributed by atoms with Crippen LogP contribution < -0.4 is 4.74 Å². The van der Waals surface area contributed by atoms with E-state index in [1.54, 1.807) is 0 Å². The van der Waals surface area contributed by atoms with Crippen molar-refractivity contribution in [2.75, 3.05) is 19.8 Å². The number of aryl methyl sites for hydroxylation is 1. The van der Waals surface area contributed by atoms with Crippen LogP contribution in [-0.2, 0) is 17.6 Å². The molecule has 0 amide bonds. The van der Waals surface area contributed by atoms with Crippen molar-refractivity contribution >= 4 is 0 Å². The van der Waals surface area contributed by atoms with Crippen LogP contribution in [0, 0.1) is 29.2 Å². The van der Waals surface area contributed by atoms with Crippen LogP contribution >= 0.6 is 0 Å². The van der Waals surface area contributed by atoms with Crippen LogP contribution in [0.3, 0.4) is 0 Å². The number of rotatable bonds is 18. The molecule has 0 fully saturated rings. The van der Waals surface area contributed by atoms with Crippen LogP contribution in [0.2, 0.25) is 0 Å². The van der Waals surface area contributed by atoms with Gasteiger partial charge in [0.05, 0.1) is 6.61 Å². The Morgan fingerprint density at radius 2 is 1.36 bits per heavy atom. The van der Waals surface area contributed by atoms with Gasteiger partial charge in [0, 0.05) is 30.8 Å². The summed E-state index contributed by atoms with van der Waals surface area (Å²) in [6, 6.07) is 4.06. The van der Waals surface area contributed by atoms with Gasteiger partial charge in [0.15, 0.2) is 23.2 Å². The van der Waals surface area contributed by atoms with Crippen LogP contribution in [-0.4, -0.2) is 19.8 Å². The minimum Gasteiger partial charge on any atom is -0.490 e. The highest BCUT2D eigenvalue weighted by Crippen LogP contribution is 2.38. The number of halogens is 4. The number of hydrogen-bond donors (Lipinski definition) is 0. The Bertz CT molecular complexity index is 1020. The quantitative estimate of drug-likeness (QED) is 0.136. The molecule has 0 bridgehead atoms. The Kier molecular flexibility index (Phi) is 13.6. The van der Waals surface area contributed by atoms with Crippen molar-refractivity contribution in [1.82, 2.24) is 0 Å². The lowest BCUT2D eigenvalue weighted by atomic mass is 9.80. The average Bonchev–Trinajstić information content (AvgIpc) is 2.94. The summed E-state index contributed by atoms with van der Waals surface area (Å²) in [5, 5.41) is 0. The third-order valence-corrected chi connectivity index (χ3v) is 7.85. The maximum absolute atomic E-state index is 15.2. The minimum absolute atomic E-state index is 0.172. The predicted octanol–water partition coefficient (Wildman–Crippen LogP) is 10.1. The molecule has 39 heavy (non-hydrogen) atoms. The molecule has 0 aromatic heterocycles. The number of ether oxygens (including phenoxy) is 2. The Morgan fingerprint density at radius 1 is 0.692 bits per heavy atom. The van der Waals surface area contributed by atoms with E-state index >= 15 is 13.2 Å². The zero-order valence-electron chi connectivity index (χ0n) is 23.9. The molecule has 2 nitrogen and oxygen atoms in total. The lowest BCUT2D eigenvalue weighted by Gasteiger charge is -2.26. The molecule has 218 valence electrons.